The maximum absolute atomic E-state index is 13.6. The topological polar surface area (TPSA) is 23.5 Å². The van der Waals surface area contributed by atoms with Gasteiger partial charge in [0.25, 0.3) is 0 Å². The van der Waals surface area contributed by atoms with Crippen LogP contribution in [0.25, 0.3) is 0 Å². The van der Waals surface area contributed by atoms with Crippen LogP contribution < -0.4 is 0 Å². The quantitative estimate of drug-likeness (QED) is 0.858. The summed E-state index contributed by atoms with van der Waals surface area (Å²) in [7, 11) is 0. The fourth-order valence-electron chi connectivity index (χ4n) is 2.60. The molecule has 0 bridgehead atoms. The summed E-state index contributed by atoms with van der Waals surface area (Å²) in [6, 6.07) is 4.25. The third kappa shape index (κ3) is 4.31. The summed E-state index contributed by atoms with van der Waals surface area (Å²) >= 11 is 5.81. The summed E-state index contributed by atoms with van der Waals surface area (Å²) in [4.78, 5) is 1.87. The molecule has 1 aromatic carbocycles. The summed E-state index contributed by atoms with van der Waals surface area (Å²) in [5.41, 5.74) is 0.428. The molecule has 0 saturated carbocycles. The van der Waals surface area contributed by atoms with Crippen LogP contribution in [0, 0.1) is 11.7 Å². The van der Waals surface area contributed by atoms with Crippen LogP contribution in [-0.2, 0) is 6.54 Å². The van der Waals surface area contributed by atoms with Gasteiger partial charge < -0.3 is 5.11 Å². The van der Waals surface area contributed by atoms with Crippen molar-refractivity contribution in [3.8, 4) is 0 Å². The predicted molar refractivity (Wildman–Crippen MR) is 71.5 cm³/mol. The lowest BCUT2D eigenvalue weighted by Gasteiger charge is -2.34. The normalized spacial score (nSPS) is 19.7. The molecule has 0 aliphatic carbocycles. The Morgan fingerprint density at radius 2 is 1.90 bits per heavy atom. The Hall–Kier alpha value is -0.850. The van der Waals surface area contributed by atoms with Crippen molar-refractivity contribution in [3.63, 3.8) is 0 Å². The average molecular weight is 326 g/mol. The Kier molecular flexibility index (Phi) is 5.11. The van der Waals surface area contributed by atoms with E-state index in [-0.39, 0.29) is 18.7 Å². The van der Waals surface area contributed by atoms with E-state index in [1.807, 2.05) is 4.90 Å². The third-order valence-electron chi connectivity index (χ3n) is 3.82. The monoisotopic (exact) mass is 325 g/mol. The van der Waals surface area contributed by atoms with Crippen LogP contribution in [0.4, 0.5) is 17.6 Å². The van der Waals surface area contributed by atoms with Gasteiger partial charge in [-0.3, -0.25) is 4.90 Å². The summed E-state index contributed by atoms with van der Waals surface area (Å²) in [6.45, 7) is 1.09. The van der Waals surface area contributed by atoms with Crippen LogP contribution >= 0.6 is 11.6 Å². The molecule has 1 aromatic rings. The second kappa shape index (κ2) is 6.50. The van der Waals surface area contributed by atoms with Gasteiger partial charge in [0.1, 0.15) is 5.82 Å². The van der Waals surface area contributed by atoms with E-state index in [1.165, 1.54) is 18.2 Å². The molecule has 1 atom stereocenters. The molecule has 0 spiro atoms. The van der Waals surface area contributed by atoms with Crippen LogP contribution in [-0.4, -0.2) is 35.4 Å². The van der Waals surface area contributed by atoms with Crippen LogP contribution in [0.3, 0.4) is 0 Å². The summed E-state index contributed by atoms with van der Waals surface area (Å²) in [6.07, 6.45) is -6.37. The lowest BCUT2D eigenvalue weighted by atomic mass is 9.90. The number of alkyl halides is 3. The second-order valence-corrected chi connectivity index (χ2v) is 5.77. The van der Waals surface area contributed by atoms with E-state index in [1.54, 1.807) is 0 Å². The SMILES string of the molecule is OC(C1CCN(Cc2cc(Cl)ccc2F)CC1)C(F)(F)F. The van der Waals surface area contributed by atoms with Gasteiger partial charge in [0.15, 0.2) is 6.10 Å². The molecule has 1 aliphatic rings. The first-order valence-corrected chi connectivity index (χ1v) is 7.06. The third-order valence-corrected chi connectivity index (χ3v) is 4.05. The van der Waals surface area contributed by atoms with Gasteiger partial charge in [0.05, 0.1) is 0 Å². The lowest BCUT2D eigenvalue weighted by Crippen LogP contribution is -2.43. The van der Waals surface area contributed by atoms with Crippen molar-refractivity contribution < 1.29 is 22.7 Å². The van der Waals surface area contributed by atoms with Crippen molar-refractivity contribution in [2.24, 2.45) is 5.92 Å². The van der Waals surface area contributed by atoms with Crippen LogP contribution in [0.5, 0.6) is 0 Å². The van der Waals surface area contributed by atoms with E-state index in [2.05, 4.69) is 0 Å². The van der Waals surface area contributed by atoms with Crippen LogP contribution in [0.1, 0.15) is 18.4 Å². The fraction of sp³-hybridized carbons (Fsp3) is 0.571. The molecule has 1 aliphatic heterocycles. The van der Waals surface area contributed by atoms with Crippen molar-refractivity contribution in [1.29, 1.82) is 0 Å². The van der Waals surface area contributed by atoms with E-state index < -0.39 is 18.2 Å². The number of aliphatic hydroxyl groups is 1. The number of likely N-dealkylation sites (tertiary alicyclic amines) is 1. The highest BCUT2D eigenvalue weighted by Gasteiger charge is 2.44. The molecule has 1 unspecified atom stereocenters. The van der Waals surface area contributed by atoms with Gasteiger partial charge in [-0.1, -0.05) is 11.6 Å². The molecule has 1 fully saturated rings. The number of halogens is 5. The van der Waals surface area contributed by atoms with Crippen molar-refractivity contribution >= 4 is 11.6 Å². The highest BCUT2D eigenvalue weighted by molar-refractivity contribution is 6.30. The number of nitrogens with zero attached hydrogens (tertiary/aromatic N) is 1. The molecule has 1 heterocycles. The van der Waals surface area contributed by atoms with E-state index in [0.717, 1.165) is 0 Å². The molecule has 0 amide bonds. The van der Waals surface area contributed by atoms with Crippen molar-refractivity contribution in [2.75, 3.05) is 13.1 Å². The molecule has 0 aromatic heterocycles. The minimum absolute atomic E-state index is 0.239. The Balaban J connectivity index is 1.91. The first-order valence-electron chi connectivity index (χ1n) is 6.68. The number of hydrogen-bond acceptors (Lipinski definition) is 2. The molecule has 7 heteroatoms. The molecule has 0 radical (unpaired) electrons. The van der Waals surface area contributed by atoms with E-state index in [9.17, 15) is 22.7 Å². The number of benzene rings is 1. The molecular weight excluding hydrogens is 310 g/mol. The first-order chi connectivity index (χ1) is 9.77. The van der Waals surface area contributed by atoms with Gasteiger partial charge in [0.2, 0.25) is 0 Å². The molecule has 21 heavy (non-hydrogen) atoms. The Morgan fingerprint density at radius 3 is 2.48 bits per heavy atom. The molecule has 1 N–H and O–H groups in total. The highest BCUT2D eigenvalue weighted by atomic mass is 35.5. The van der Waals surface area contributed by atoms with Gasteiger partial charge in [-0.05, 0) is 50.0 Å². The highest BCUT2D eigenvalue weighted by Crippen LogP contribution is 2.32. The maximum atomic E-state index is 13.6. The van der Waals surface area contributed by atoms with E-state index >= 15 is 0 Å². The maximum Gasteiger partial charge on any atom is 0.414 e. The van der Waals surface area contributed by atoms with Gasteiger partial charge >= 0.3 is 6.18 Å². The Morgan fingerprint density at radius 1 is 1.29 bits per heavy atom. The average Bonchev–Trinajstić information content (AvgIpc) is 2.42. The lowest BCUT2D eigenvalue weighted by molar-refractivity contribution is -0.223. The molecular formula is C14H16ClF4NO. The largest absolute Gasteiger partial charge is 0.414 e. The minimum atomic E-state index is -4.58. The summed E-state index contributed by atoms with van der Waals surface area (Å²) in [5, 5.41) is 9.67. The number of rotatable bonds is 3. The Bertz CT molecular complexity index is 486. The number of aliphatic hydroxyl groups excluding tert-OH is 1. The van der Waals surface area contributed by atoms with Gasteiger partial charge in [-0.15, -0.1) is 0 Å². The van der Waals surface area contributed by atoms with Crippen LogP contribution in [0.2, 0.25) is 5.02 Å². The van der Waals surface area contributed by atoms with Gasteiger partial charge in [-0.25, -0.2) is 4.39 Å². The van der Waals surface area contributed by atoms with Crippen molar-refractivity contribution in [1.82, 2.24) is 4.90 Å². The van der Waals surface area contributed by atoms with Crippen molar-refractivity contribution in [2.45, 2.75) is 31.7 Å². The molecule has 118 valence electrons. The van der Waals surface area contributed by atoms with Gasteiger partial charge in [-0.2, -0.15) is 13.2 Å². The standard InChI is InChI=1S/C14H16ClF4NO/c15-11-1-2-12(16)10(7-11)8-20-5-3-9(4-6-20)13(21)14(17,18)19/h1-2,7,9,13,21H,3-6,8H2. The van der Waals surface area contributed by atoms with Crippen LogP contribution in [0.15, 0.2) is 18.2 Å². The second-order valence-electron chi connectivity index (χ2n) is 5.34. The summed E-state index contributed by atoms with van der Waals surface area (Å²) < 4.78 is 51.0. The van der Waals surface area contributed by atoms with E-state index in [0.29, 0.717) is 30.2 Å². The zero-order valence-electron chi connectivity index (χ0n) is 11.2. The molecule has 2 nitrogen and oxygen atoms in total. The predicted octanol–water partition coefficient (Wildman–Crippen LogP) is 3.61. The zero-order valence-corrected chi connectivity index (χ0v) is 12.0. The number of hydrogen-bond donors (Lipinski definition) is 1. The Labute approximate surface area is 125 Å². The molecule has 2 rings (SSSR count). The number of piperidine rings is 1. The minimum Gasteiger partial charge on any atom is -0.383 e. The van der Waals surface area contributed by atoms with Crippen molar-refractivity contribution in [3.05, 3.63) is 34.6 Å². The van der Waals surface area contributed by atoms with E-state index in [4.69, 9.17) is 11.6 Å². The first kappa shape index (κ1) is 16.5. The molecule has 1 saturated heterocycles. The summed E-state index contributed by atoms with van der Waals surface area (Å²) in [5.74, 6) is -1.16. The van der Waals surface area contributed by atoms with Gasteiger partial charge in [0, 0.05) is 17.1 Å². The fourth-order valence-corrected chi connectivity index (χ4v) is 2.79. The smallest absolute Gasteiger partial charge is 0.383 e. The zero-order chi connectivity index (χ0) is 15.6.